The number of aromatic amines is 1. The van der Waals surface area contributed by atoms with Crippen molar-refractivity contribution in [1.29, 1.82) is 0 Å². The van der Waals surface area contributed by atoms with Crippen molar-refractivity contribution in [1.82, 2.24) is 15.4 Å². The molecule has 1 aliphatic carbocycles. The molecule has 1 aromatic heterocycles. The molecule has 2 atom stereocenters. The number of nitrogens with one attached hydrogen (secondary N) is 2. The Bertz CT molecular complexity index is 1040. The van der Waals surface area contributed by atoms with Gasteiger partial charge in [0.25, 0.3) is 0 Å². The van der Waals surface area contributed by atoms with Crippen molar-refractivity contribution in [3.8, 4) is 0 Å². The number of rotatable bonds is 4. The zero-order valence-electron chi connectivity index (χ0n) is 16.9. The number of carbonyl (C=O) groups excluding carboxylic acids is 1. The van der Waals surface area contributed by atoms with Crippen LogP contribution in [0.2, 0.25) is 0 Å². The van der Waals surface area contributed by atoms with E-state index < -0.39 is 5.41 Å². The summed E-state index contributed by atoms with van der Waals surface area (Å²) in [5.74, 6) is 1.10. The summed E-state index contributed by atoms with van der Waals surface area (Å²) in [5.41, 5.74) is 4.91. The van der Waals surface area contributed by atoms with Crippen LogP contribution in [0, 0.1) is 10.8 Å². The quantitative estimate of drug-likeness (QED) is 0.411. The second-order valence-electron chi connectivity index (χ2n) is 8.53. The summed E-state index contributed by atoms with van der Waals surface area (Å²) in [6.07, 6.45) is 3.38. The number of hydrogen-bond acceptors (Lipinski definition) is 3. The third-order valence-electron chi connectivity index (χ3n) is 6.71. The van der Waals surface area contributed by atoms with Gasteiger partial charge >= 0.3 is 0 Å². The Morgan fingerprint density at radius 1 is 1.21 bits per heavy atom. The lowest BCUT2D eigenvalue weighted by Crippen LogP contribution is -2.45. The molecule has 2 N–H and O–H groups in total. The fraction of sp³-hybridized carbons (Fsp3) is 0.348. The highest BCUT2D eigenvalue weighted by molar-refractivity contribution is 9.10. The number of imidazole rings is 1. The van der Waals surface area contributed by atoms with Crippen LogP contribution in [-0.4, -0.2) is 22.1 Å². The van der Waals surface area contributed by atoms with Crippen LogP contribution in [-0.2, 0) is 4.79 Å². The Labute approximate surface area is 179 Å². The van der Waals surface area contributed by atoms with Gasteiger partial charge in [0.2, 0.25) is 5.91 Å². The van der Waals surface area contributed by atoms with E-state index in [9.17, 15) is 4.79 Å². The summed E-state index contributed by atoms with van der Waals surface area (Å²) in [4.78, 5) is 21.4. The Hall–Kier alpha value is -2.47. The van der Waals surface area contributed by atoms with Gasteiger partial charge in [-0.05, 0) is 48.1 Å². The first-order chi connectivity index (χ1) is 13.8. The van der Waals surface area contributed by atoms with Gasteiger partial charge in [-0.25, -0.2) is 10.4 Å². The highest BCUT2D eigenvalue weighted by atomic mass is 79.9. The van der Waals surface area contributed by atoms with Crippen LogP contribution in [0.25, 0.3) is 11.0 Å². The SMILES string of the molecule is CC1(C)[C@H](c2nc3ccccc3[nH]2)CC[C@]1(C)C(=O)N/N=C\c1ccc(Br)cc1. The number of H-pyrrole nitrogens is 1. The van der Waals surface area contributed by atoms with Gasteiger partial charge < -0.3 is 4.98 Å². The van der Waals surface area contributed by atoms with Crippen molar-refractivity contribution in [2.45, 2.75) is 39.5 Å². The number of amides is 1. The van der Waals surface area contributed by atoms with Crippen LogP contribution in [0.15, 0.2) is 58.1 Å². The first kappa shape index (κ1) is 19.8. The van der Waals surface area contributed by atoms with E-state index >= 15 is 0 Å². The lowest BCUT2D eigenvalue weighted by Gasteiger charge is -2.39. The minimum atomic E-state index is -0.534. The maximum absolute atomic E-state index is 13.1. The zero-order chi connectivity index (χ0) is 20.6. The van der Waals surface area contributed by atoms with Crippen molar-refractivity contribution in [3.63, 3.8) is 0 Å². The smallest absolute Gasteiger partial charge is 0.246 e. The van der Waals surface area contributed by atoms with Crippen molar-refractivity contribution >= 4 is 39.1 Å². The maximum atomic E-state index is 13.1. The number of carbonyl (C=O) groups is 1. The number of nitrogens with zero attached hydrogens (tertiary/aromatic N) is 2. The van der Waals surface area contributed by atoms with Gasteiger partial charge in [0, 0.05) is 10.4 Å². The summed E-state index contributed by atoms with van der Waals surface area (Å²) >= 11 is 3.42. The number of aromatic nitrogens is 2. The van der Waals surface area contributed by atoms with E-state index in [4.69, 9.17) is 4.98 Å². The van der Waals surface area contributed by atoms with Crippen LogP contribution in [0.3, 0.4) is 0 Å². The summed E-state index contributed by atoms with van der Waals surface area (Å²) in [7, 11) is 0. The van der Waals surface area contributed by atoms with Crippen molar-refractivity contribution in [2.75, 3.05) is 0 Å². The van der Waals surface area contributed by atoms with E-state index in [1.807, 2.05) is 55.5 Å². The van der Waals surface area contributed by atoms with Crippen LogP contribution in [0.4, 0.5) is 0 Å². The number of halogens is 1. The second-order valence-corrected chi connectivity index (χ2v) is 9.45. The molecule has 0 radical (unpaired) electrons. The van der Waals surface area contributed by atoms with Crippen molar-refractivity contribution in [3.05, 3.63) is 64.4 Å². The number of hydrazone groups is 1. The summed E-state index contributed by atoms with van der Waals surface area (Å²) in [6, 6.07) is 15.8. The van der Waals surface area contributed by atoms with Crippen LogP contribution < -0.4 is 5.43 Å². The van der Waals surface area contributed by atoms with Gasteiger partial charge in [-0.15, -0.1) is 0 Å². The Kier molecular flexibility index (Phi) is 5.07. The Morgan fingerprint density at radius 2 is 1.93 bits per heavy atom. The fourth-order valence-corrected chi connectivity index (χ4v) is 4.62. The molecule has 2 aromatic carbocycles. The molecule has 0 aliphatic heterocycles. The molecule has 4 rings (SSSR count). The van der Waals surface area contributed by atoms with Gasteiger partial charge in [-0.1, -0.05) is 61.0 Å². The second kappa shape index (κ2) is 7.41. The molecule has 0 unspecified atom stereocenters. The monoisotopic (exact) mass is 452 g/mol. The van der Waals surface area contributed by atoms with E-state index in [1.165, 1.54) is 0 Å². The van der Waals surface area contributed by atoms with E-state index in [-0.39, 0.29) is 17.2 Å². The number of para-hydroxylation sites is 2. The molecule has 1 aliphatic rings. The predicted molar refractivity (Wildman–Crippen MR) is 120 cm³/mol. The molecule has 1 saturated carbocycles. The lowest BCUT2D eigenvalue weighted by atomic mass is 9.65. The van der Waals surface area contributed by atoms with Crippen molar-refractivity contribution < 1.29 is 4.79 Å². The predicted octanol–water partition coefficient (Wildman–Crippen LogP) is 5.39. The van der Waals surface area contributed by atoms with Gasteiger partial charge in [0.15, 0.2) is 0 Å². The Morgan fingerprint density at radius 3 is 2.66 bits per heavy atom. The molecular weight excluding hydrogens is 428 g/mol. The van der Waals surface area contributed by atoms with Crippen molar-refractivity contribution in [2.24, 2.45) is 15.9 Å². The molecule has 5 nitrogen and oxygen atoms in total. The minimum Gasteiger partial charge on any atom is -0.342 e. The van der Waals surface area contributed by atoms with Gasteiger partial charge in [-0.2, -0.15) is 5.10 Å². The normalized spacial score (nSPS) is 23.7. The van der Waals surface area contributed by atoms with Crippen LogP contribution >= 0.6 is 15.9 Å². The topological polar surface area (TPSA) is 70.1 Å². The highest BCUT2D eigenvalue weighted by Gasteiger charge is 2.57. The fourth-order valence-electron chi connectivity index (χ4n) is 4.36. The van der Waals surface area contributed by atoms with Crippen LogP contribution in [0.5, 0.6) is 0 Å². The molecule has 3 aromatic rings. The molecule has 150 valence electrons. The largest absolute Gasteiger partial charge is 0.342 e. The van der Waals surface area contributed by atoms with Gasteiger partial charge in [0.1, 0.15) is 5.82 Å². The average Bonchev–Trinajstić information content (AvgIpc) is 3.22. The summed E-state index contributed by atoms with van der Waals surface area (Å²) < 4.78 is 1.01. The highest BCUT2D eigenvalue weighted by Crippen LogP contribution is 2.59. The average molecular weight is 453 g/mol. The summed E-state index contributed by atoms with van der Waals surface area (Å²) in [6.45, 7) is 6.37. The molecule has 0 saturated heterocycles. The maximum Gasteiger partial charge on any atom is 0.246 e. The van der Waals surface area contributed by atoms with Crippen LogP contribution in [0.1, 0.15) is 50.9 Å². The van der Waals surface area contributed by atoms with Gasteiger partial charge in [0.05, 0.1) is 22.7 Å². The van der Waals surface area contributed by atoms with E-state index in [1.54, 1.807) is 6.21 Å². The molecule has 1 heterocycles. The standard InChI is InChI=1S/C23H25BrN4O/c1-22(2)17(20-26-18-6-4-5-7-19(18)27-20)12-13-23(22,3)21(29)28-25-14-15-8-10-16(24)11-9-15/h4-11,14,17H,12-13H2,1-3H3,(H,26,27)(H,28,29)/b25-14-/t17-,23+/m0/s1. The molecule has 1 amide bonds. The minimum absolute atomic E-state index is 0.0468. The Balaban J connectivity index is 1.52. The van der Waals surface area contributed by atoms with E-state index in [2.05, 4.69) is 45.3 Å². The molecule has 1 fully saturated rings. The number of hydrogen-bond donors (Lipinski definition) is 2. The number of benzene rings is 2. The molecule has 29 heavy (non-hydrogen) atoms. The summed E-state index contributed by atoms with van der Waals surface area (Å²) in [5, 5.41) is 4.20. The first-order valence-corrected chi connectivity index (χ1v) is 10.6. The molecular formula is C23H25BrN4O. The zero-order valence-corrected chi connectivity index (χ0v) is 18.5. The van der Waals surface area contributed by atoms with Gasteiger partial charge in [-0.3, -0.25) is 4.79 Å². The number of fused-ring (bicyclic) bond motifs is 1. The van der Waals surface area contributed by atoms with E-state index in [0.29, 0.717) is 0 Å². The molecule has 0 bridgehead atoms. The molecule has 6 heteroatoms. The first-order valence-electron chi connectivity index (χ1n) is 9.85. The van der Waals surface area contributed by atoms with E-state index in [0.717, 1.165) is 39.7 Å². The lowest BCUT2D eigenvalue weighted by molar-refractivity contribution is -0.135. The third kappa shape index (κ3) is 3.50. The molecule has 0 spiro atoms. The third-order valence-corrected chi connectivity index (χ3v) is 7.24.